The molecule has 106 valence electrons. The van der Waals surface area contributed by atoms with Crippen molar-refractivity contribution in [2.45, 2.75) is 20.0 Å². The van der Waals surface area contributed by atoms with Crippen molar-refractivity contribution >= 4 is 11.7 Å². The van der Waals surface area contributed by atoms with E-state index < -0.39 is 6.61 Å². The minimum absolute atomic E-state index is 0.00425. The average molecular weight is 281 g/mol. The summed E-state index contributed by atoms with van der Waals surface area (Å²) in [4.78, 5) is 11.9. The lowest BCUT2D eigenvalue weighted by atomic mass is 10.2. The van der Waals surface area contributed by atoms with Crippen LogP contribution in [0, 0.1) is 0 Å². The van der Waals surface area contributed by atoms with E-state index >= 15 is 0 Å². The van der Waals surface area contributed by atoms with Gasteiger partial charge in [0.1, 0.15) is 5.75 Å². The highest BCUT2D eigenvalue weighted by molar-refractivity contribution is 6.03. The van der Waals surface area contributed by atoms with Gasteiger partial charge in [0, 0.05) is 17.3 Å². The number of anilines is 1. The van der Waals surface area contributed by atoms with E-state index in [9.17, 15) is 13.6 Å². The molecule has 0 spiro atoms. The molecule has 0 saturated carbocycles. The zero-order valence-corrected chi connectivity index (χ0v) is 10.7. The molecule has 2 rings (SSSR count). The Kier molecular flexibility index (Phi) is 4.29. The normalized spacial score (nSPS) is 10.6. The third kappa shape index (κ3) is 3.53. The Labute approximate surface area is 114 Å². The zero-order valence-electron chi connectivity index (χ0n) is 10.7. The van der Waals surface area contributed by atoms with Gasteiger partial charge in [-0.3, -0.25) is 9.89 Å². The van der Waals surface area contributed by atoms with Crippen molar-refractivity contribution in [3.63, 3.8) is 0 Å². The van der Waals surface area contributed by atoms with Crippen molar-refractivity contribution in [1.29, 1.82) is 0 Å². The lowest BCUT2D eigenvalue weighted by Gasteiger charge is -2.05. The molecule has 1 aromatic carbocycles. The van der Waals surface area contributed by atoms with E-state index in [-0.39, 0.29) is 11.7 Å². The molecule has 0 bridgehead atoms. The number of amides is 1. The molecule has 1 aromatic heterocycles. The highest BCUT2D eigenvalue weighted by Gasteiger charge is 2.09. The van der Waals surface area contributed by atoms with E-state index in [2.05, 4.69) is 20.3 Å². The maximum atomic E-state index is 12.0. The summed E-state index contributed by atoms with van der Waals surface area (Å²) in [7, 11) is 0. The number of ether oxygens (including phenoxy) is 1. The molecular weight excluding hydrogens is 268 g/mol. The van der Waals surface area contributed by atoms with Gasteiger partial charge in [0.15, 0.2) is 5.82 Å². The fourth-order valence-corrected chi connectivity index (χ4v) is 1.58. The first kappa shape index (κ1) is 14.0. The van der Waals surface area contributed by atoms with Gasteiger partial charge in [-0.05, 0) is 30.7 Å². The van der Waals surface area contributed by atoms with Gasteiger partial charge < -0.3 is 10.1 Å². The Morgan fingerprint density at radius 3 is 2.65 bits per heavy atom. The zero-order chi connectivity index (χ0) is 14.5. The molecule has 5 nitrogen and oxygen atoms in total. The average Bonchev–Trinajstić information content (AvgIpc) is 2.86. The summed E-state index contributed by atoms with van der Waals surface area (Å²) >= 11 is 0. The van der Waals surface area contributed by atoms with Crippen LogP contribution in [-0.2, 0) is 6.42 Å². The fraction of sp³-hybridized carbons (Fsp3) is 0.231. The molecule has 20 heavy (non-hydrogen) atoms. The number of hydrogen-bond donors (Lipinski definition) is 2. The summed E-state index contributed by atoms with van der Waals surface area (Å²) in [5.41, 5.74) is 1.23. The summed E-state index contributed by atoms with van der Waals surface area (Å²) in [6.45, 7) is -0.924. The second-order valence-corrected chi connectivity index (χ2v) is 3.99. The second-order valence-electron chi connectivity index (χ2n) is 3.99. The molecule has 7 heteroatoms. The third-order valence-electron chi connectivity index (χ3n) is 2.60. The van der Waals surface area contributed by atoms with Crippen LogP contribution in [0.3, 0.4) is 0 Å². The quantitative estimate of drug-likeness (QED) is 0.885. The monoisotopic (exact) mass is 281 g/mol. The van der Waals surface area contributed by atoms with Gasteiger partial charge in [-0.15, -0.1) is 0 Å². The van der Waals surface area contributed by atoms with Crippen molar-refractivity contribution < 1.29 is 18.3 Å². The summed E-state index contributed by atoms with van der Waals surface area (Å²) < 4.78 is 28.2. The Morgan fingerprint density at radius 1 is 1.40 bits per heavy atom. The summed E-state index contributed by atoms with van der Waals surface area (Å²) in [6.07, 6.45) is 0.780. The van der Waals surface area contributed by atoms with Gasteiger partial charge in [-0.25, -0.2) is 0 Å². The van der Waals surface area contributed by atoms with Crippen molar-refractivity contribution in [2.24, 2.45) is 0 Å². The van der Waals surface area contributed by atoms with Crippen LogP contribution in [-0.4, -0.2) is 22.7 Å². The van der Waals surface area contributed by atoms with Crippen LogP contribution in [0.4, 0.5) is 14.6 Å². The van der Waals surface area contributed by atoms with Crippen LogP contribution in [0.25, 0.3) is 0 Å². The number of nitrogens with zero attached hydrogens (tertiary/aromatic N) is 1. The van der Waals surface area contributed by atoms with Crippen LogP contribution in [0.2, 0.25) is 0 Å². The van der Waals surface area contributed by atoms with Crippen molar-refractivity contribution in [1.82, 2.24) is 10.2 Å². The minimum atomic E-state index is -2.88. The van der Waals surface area contributed by atoms with E-state index in [4.69, 9.17) is 0 Å². The first-order valence-corrected chi connectivity index (χ1v) is 5.99. The Balaban J connectivity index is 2.01. The molecular formula is C13H13F2N3O2. The summed E-state index contributed by atoms with van der Waals surface area (Å²) in [5, 5.41) is 9.31. The number of H-pyrrole nitrogens is 1. The molecule has 2 aromatic rings. The van der Waals surface area contributed by atoms with E-state index in [1.807, 2.05) is 6.92 Å². The van der Waals surface area contributed by atoms with Gasteiger partial charge in [0.05, 0.1) is 0 Å². The number of nitrogens with one attached hydrogen (secondary N) is 2. The van der Waals surface area contributed by atoms with E-state index in [0.29, 0.717) is 11.4 Å². The maximum Gasteiger partial charge on any atom is 0.387 e. The van der Waals surface area contributed by atoms with Gasteiger partial charge in [-0.2, -0.15) is 13.9 Å². The van der Waals surface area contributed by atoms with Gasteiger partial charge in [-0.1, -0.05) is 6.92 Å². The molecule has 2 N–H and O–H groups in total. The standard InChI is InChI=1S/C13H13F2N3O2/c1-2-9-7-11(18-17-9)16-12(19)8-3-5-10(6-4-8)20-13(14)15/h3-7,13H,2H2,1H3,(H2,16,17,18,19). The van der Waals surface area contributed by atoms with Crippen LogP contribution in [0.5, 0.6) is 5.75 Å². The maximum absolute atomic E-state index is 12.0. The fourth-order valence-electron chi connectivity index (χ4n) is 1.58. The molecule has 0 aliphatic carbocycles. The SMILES string of the molecule is CCc1cc(NC(=O)c2ccc(OC(F)F)cc2)n[nH]1. The molecule has 0 unspecified atom stereocenters. The molecule has 0 saturated heterocycles. The third-order valence-corrected chi connectivity index (χ3v) is 2.60. The lowest BCUT2D eigenvalue weighted by Crippen LogP contribution is -2.12. The number of hydrogen-bond acceptors (Lipinski definition) is 3. The van der Waals surface area contributed by atoms with Crippen molar-refractivity contribution in [3.05, 3.63) is 41.6 Å². The number of carbonyl (C=O) groups excluding carboxylic acids is 1. The first-order valence-electron chi connectivity index (χ1n) is 5.99. The number of aromatic nitrogens is 2. The van der Waals surface area contributed by atoms with Gasteiger partial charge in [0.2, 0.25) is 0 Å². The van der Waals surface area contributed by atoms with Crippen molar-refractivity contribution in [3.8, 4) is 5.75 Å². The second kappa shape index (κ2) is 6.14. The predicted octanol–water partition coefficient (Wildman–Crippen LogP) is 2.83. The molecule has 0 aliphatic rings. The Hall–Kier alpha value is -2.44. The number of halogens is 2. The topological polar surface area (TPSA) is 67.0 Å². The van der Waals surface area contributed by atoms with E-state index in [1.165, 1.54) is 24.3 Å². The van der Waals surface area contributed by atoms with E-state index in [1.54, 1.807) is 6.07 Å². The van der Waals surface area contributed by atoms with Crippen LogP contribution >= 0.6 is 0 Å². The lowest BCUT2D eigenvalue weighted by molar-refractivity contribution is -0.0498. The highest BCUT2D eigenvalue weighted by Crippen LogP contribution is 2.16. The molecule has 1 amide bonds. The van der Waals surface area contributed by atoms with Crippen LogP contribution < -0.4 is 10.1 Å². The molecule has 0 atom stereocenters. The number of aryl methyl sites for hydroxylation is 1. The van der Waals surface area contributed by atoms with Crippen LogP contribution in [0.1, 0.15) is 23.0 Å². The van der Waals surface area contributed by atoms with Gasteiger partial charge in [0.25, 0.3) is 5.91 Å². The number of benzene rings is 1. The highest BCUT2D eigenvalue weighted by atomic mass is 19.3. The predicted molar refractivity (Wildman–Crippen MR) is 69.0 cm³/mol. The number of rotatable bonds is 5. The number of aromatic amines is 1. The van der Waals surface area contributed by atoms with Crippen LogP contribution in [0.15, 0.2) is 30.3 Å². The molecule has 0 fully saturated rings. The van der Waals surface area contributed by atoms with Crippen molar-refractivity contribution in [2.75, 3.05) is 5.32 Å². The Bertz CT molecular complexity index is 582. The molecule has 0 aliphatic heterocycles. The first-order chi connectivity index (χ1) is 9.58. The molecule has 0 radical (unpaired) electrons. The largest absolute Gasteiger partial charge is 0.435 e. The Morgan fingerprint density at radius 2 is 2.10 bits per heavy atom. The molecule has 1 heterocycles. The summed E-state index contributed by atoms with van der Waals surface area (Å²) in [5.74, 6) is 0.0482. The van der Waals surface area contributed by atoms with E-state index in [0.717, 1.165) is 12.1 Å². The number of alkyl halides is 2. The van der Waals surface area contributed by atoms with Gasteiger partial charge >= 0.3 is 6.61 Å². The summed E-state index contributed by atoms with van der Waals surface area (Å²) in [6, 6.07) is 7.15. The minimum Gasteiger partial charge on any atom is -0.435 e. The number of carbonyl (C=O) groups is 1. The smallest absolute Gasteiger partial charge is 0.387 e.